The van der Waals surface area contributed by atoms with Gasteiger partial charge in [-0.05, 0) is 49.7 Å². The van der Waals surface area contributed by atoms with Crippen LogP contribution in [0.1, 0.15) is 26.3 Å². The van der Waals surface area contributed by atoms with Crippen LogP contribution in [0.15, 0.2) is 58.1 Å². The number of carbonyl (C=O) groups is 1. The fourth-order valence-electron chi connectivity index (χ4n) is 2.94. The molecule has 1 aromatic heterocycles. The summed E-state index contributed by atoms with van der Waals surface area (Å²) in [6.07, 6.45) is 0.629. The van der Waals surface area contributed by atoms with Crippen molar-refractivity contribution in [3.8, 4) is 0 Å². The van der Waals surface area contributed by atoms with Crippen LogP contribution in [-0.2, 0) is 11.3 Å². The number of rotatable bonds is 5. The molecule has 0 saturated heterocycles. The second-order valence-corrected chi connectivity index (χ2v) is 6.81. The molecule has 2 aromatic carbocycles. The lowest BCUT2D eigenvalue weighted by Crippen LogP contribution is -2.43. The molecule has 3 aromatic rings. The van der Waals surface area contributed by atoms with Gasteiger partial charge in [0.2, 0.25) is 5.91 Å². The van der Waals surface area contributed by atoms with E-state index < -0.39 is 5.69 Å². The third-order valence-corrected chi connectivity index (χ3v) is 4.79. The van der Waals surface area contributed by atoms with Gasteiger partial charge in [-0.1, -0.05) is 30.7 Å². The van der Waals surface area contributed by atoms with E-state index in [0.29, 0.717) is 28.0 Å². The number of hydrogen-bond donors (Lipinski definition) is 1. The van der Waals surface area contributed by atoms with Gasteiger partial charge in [-0.2, -0.15) is 0 Å². The Labute approximate surface area is 161 Å². The van der Waals surface area contributed by atoms with Crippen LogP contribution in [-0.4, -0.2) is 15.0 Å². The number of aromatic nitrogens is 2. The minimum absolute atomic E-state index is 0.196. The Kier molecular flexibility index (Phi) is 5.46. The maximum atomic E-state index is 13.0. The van der Waals surface area contributed by atoms with Crippen molar-refractivity contribution in [2.75, 3.05) is 5.32 Å². The number of amides is 1. The summed E-state index contributed by atoms with van der Waals surface area (Å²) >= 11 is 5.85. The Morgan fingerprint density at radius 1 is 1.11 bits per heavy atom. The van der Waals surface area contributed by atoms with Gasteiger partial charge in [0.1, 0.15) is 6.54 Å². The molecule has 0 aliphatic heterocycles. The smallest absolute Gasteiger partial charge is 0.325 e. The standard InChI is InChI=1S/C20H20ClN3O3/c1-3-13(2)24-19(26)16-6-4-5-7-17(16)23(20(24)27)12-18(25)22-15-10-8-14(21)9-11-15/h4-11,13H,3,12H2,1-2H3,(H,22,25)/t13-/m1/s1. The van der Waals surface area contributed by atoms with Gasteiger partial charge >= 0.3 is 5.69 Å². The van der Waals surface area contributed by atoms with E-state index >= 15 is 0 Å². The van der Waals surface area contributed by atoms with Gasteiger partial charge in [0.15, 0.2) is 0 Å². The molecule has 7 heteroatoms. The average molecular weight is 386 g/mol. The lowest BCUT2D eigenvalue weighted by molar-refractivity contribution is -0.116. The number of hydrogen-bond acceptors (Lipinski definition) is 3. The van der Waals surface area contributed by atoms with E-state index in [2.05, 4.69) is 5.32 Å². The van der Waals surface area contributed by atoms with Crippen molar-refractivity contribution >= 4 is 34.1 Å². The van der Waals surface area contributed by atoms with Crippen molar-refractivity contribution in [2.45, 2.75) is 32.9 Å². The van der Waals surface area contributed by atoms with E-state index in [4.69, 9.17) is 11.6 Å². The van der Waals surface area contributed by atoms with Gasteiger partial charge in [0, 0.05) is 16.8 Å². The molecule has 0 fully saturated rings. The fourth-order valence-corrected chi connectivity index (χ4v) is 3.07. The first kappa shape index (κ1) is 18.9. The normalized spacial score (nSPS) is 12.1. The molecule has 6 nitrogen and oxygen atoms in total. The van der Waals surface area contributed by atoms with Gasteiger partial charge in [-0.3, -0.25) is 18.7 Å². The number of nitrogens with zero attached hydrogens (tertiary/aromatic N) is 2. The van der Waals surface area contributed by atoms with E-state index in [9.17, 15) is 14.4 Å². The van der Waals surface area contributed by atoms with E-state index in [1.165, 1.54) is 9.13 Å². The topological polar surface area (TPSA) is 73.1 Å². The molecular formula is C20H20ClN3O3. The quantitative estimate of drug-likeness (QED) is 0.731. The first-order valence-electron chi connectivity index (χ1n) is 8.72. The second-order valence-electron chi connectivity index (χ2n) is 6.37. The maximum Gasteiger partial charge on any atom is 0.332 e. The third-order valence-electron chi connectivity index (χ3n) is 4.54. The zero-order chi connectivity index (χ0) is 19.6. The predicted molar refractivity (Wildman–Crippen MR) is 108 cm³/mol. The number of carbonyl (C=O) groups excluding carboxylic acids is 1. The molecule has 0 radical (unpaired) electrons. The molecule has 0 aliphatic rings. The van der Waals surface area contributed by atoms with Crippen LogP contribution in [0.2, 0.25) is 5.02 Å². The minimum atomic E-state index is -0.487. The van der Waals surface area contributed by atoms with Crippen molar-refractivity contribution in [2.24, 2.45) is 0 Å². The van der Waals surface area contributed by atoms with Crippen molar-refractivity contribution in [1.29, 1.82) is 0 Å². The lowest BCUT2D eigenvalue weighted by Gasteiger charge is -2.17. The molecule has 0 saturated carbocycles. The first-order valence-corrected chi connectivity index (χ1v) is 9.09. The van der Waals surface area contributed by atoms with Crippen LogP contribution in [0.3, 0.4) is 0 Å². The predicted octanol–water partition coefficient (Wildman–Crippen LogP) is 3.43. The second kappa shape index (κ2) is 7.80. The lowest BCUT2D eigenvalue weighted by atomic mass is 10.2. The Morgan fingerprint density at radius 3 is 2.44 bits per heavy atom. The van der Waals surface area contributed by atoms with E-state index in [1.54, 1.807) is 48.5 Å². The van der Waals surface area contributed by atoms with Gasteiger partial charge in [0.25, 0.3) is 5.56 Å². The van der Waals surface area contributed by atoms with Crippen LogP contribution in [0, 0.1) is 0 Å². The van der Waals surface area contributed by atoms with Crippen molar-refractivity contribution in [3.05, 3.63) is 74.4 Å². The molecule has 27 heavy (non-hydrogen) atoms. The van der Waals surface area contributed by atoms with Crippen molar-refractivity contribution < 1.29 is 4.79 Å². The summed E-state index contributed by atoms with van der Waals surface area (Å²) in [5, 5.41) is 3.72. The van der Waals surface area contributed by atoms with Crippen LogP contribution in [0.25, 0.3) is 10.9 Å². The molecule has 3 rings (SSSR count). The highest BCUT2D eigenvalue weighted by Crippen LogP contribution is 2.14. The van der Waals surface area contributed by atoms with Crippen LogP contribution in [0.4, 0.5) is 5.69 Å². The third kappa shape index (κ3) is 3.80. The zero-order valence-electron chi connectivity index (χ0n) is 15.1. The molecule has 140 valence electrons. The summed E-state index contributed by atoms with van der Waals surface area (Å²) in [5.74, 6) is -0.362. The summed E-state index contributed by atoms with van der Waals surface area (Å²) in [5.41, 5.74) is 0.203. The number of para-hydroxylation sites is 1. The summed E-state index contributed by atoms with van der Waals surface area (Å²) < 4.78 is 2.56. The number of halogens is 1. The average Bonchev–Trinajstić information content (AvgIpc) is 2.67. The minimum Gasteiger partial charge on any atom is -0.325 e. The van der Waals surface area contributed by atoms with Crippen LogP contribution in [0.5, 0.6) is 0 Å². The van der Waals surface area contributed by atoms with E-state index in [1.807, 2.05) is 13.8 Å². The van der Waals surface area contributed by atoms with E-state index in [0.717, 1.165) is 0 Å². The maximum absolute atomic E-state index is 13.0. The highest BCUT2D eigenvalue weighted by atomic mass is 35.5. The molecule has 0 spiro atoms. The van der Waals surface area contributed by atoms with Crippen LogP contribution < -0.4 is 16.6 Å². The summed E-state index contributed by atoms with van der Waals surface area (Å²) in [4.78, 5) is 38.2. The molecule has 0 bridgehead atoms. The highest BCUT2D eigenvalue weighted by molar-refractivity contribution is 6.30. The first-order chi connectivity index (χ1) is 12.9. The molecule has 1 N–H and O–H groups in total. The number of fused-ring (bicyclic) bond motifs is 1. The molecule has 0 unspecified atom stereocenters. The molecule has 0 aliphatic carbocycles. The number of nitrogens with one attached hydrogen (secondary N) is 1. The van der Waals surface area contributed by atoms with Gasteiger partial charge < -0.3 is 5.32 Å². The summed E-state index contributed by atoms with van der Waals surface area (Å²) in [7, 11) is 0. The fraction of sp³-hybridized carbons (Fsp3) is 0.250. The van der Waals surface area contributed by atoms with Gasteiger partial charge in [0.05, 0.1) is 10.9 Å². The van der Waals surface area contributed by atoms with Gasteiger partial charge in [-0.15, -0.1) is 0 Å². The Morgan fingerprint density at radius 2 is 1.78 bits per heavy atom. The van der Waals surface area contributed by atoms with Crippen molar-refractivity contribution in [1.82, 2.24) is 9.13 Å². The largest absolute Gasteiger partial charge is 0.332 e. The van der Waals surface area contributed by atoms with Gasteiger partial charge in [-0.25, -0.2) is 4.79 Å². The SMILES string of the molecule is CC[C@@H](C)n1c(=O)c2ccccc2n(CC(=O)Nc2ccc(Cl)cc2)c1=O. The Hall–Kier alpha value is -2.86. The summed E-state index contributed by atoms with van der Waals surface area (Å²) in [6, 6.07) is 13.3. The molecular weight excluding hydrogens is 366 g/mol. The van der Waals surface area contributed by atoms with Crippen LogP contribution >= 0.6 is 11.6 Å². The zero-order valence-corrected chi connectivity index (χ0v) is 15.9. The van der Waals surface area contributed by atoms with Crippen molar-refractivity contribution in [3.63, 3.8) is 0 Å². The molecule has 1 heterocycles. The molecule has 1 atom stereocenters. The van der Waals surface area contributed by atoms with E-state index in [-0.39, 0.29) is 24.1 Å². The number of benzene rings is 2. The Balaban J connectivity index is 2.05. The highest BCUT2D eigenvalue weighted by Gasteiger charge is 2.17. The Bertz CT molecular complexity index is 1100. The molecule has 1 amide bonds. The monoisotopic (exact) mass is 385 g/mol. The number of anilines is 1. The summed E-state index contributed by atoms with van der Waals surface area (Å²) in [6.45, 7) is 3.53.